The number of rotatable bonds is 4. The predicted octanol–water partition coefficient (Wildman–Crippen LogP) is 1.53. The topological polar surface area (TPSA) is 63.1 Å². The number of amides is 1. The number of hydrogen-bond acceptors (Lipinski definition) is 4. The van der Waals surface area contributed by atoms with Crippen molar-refractivity contribution in [3.05, 3.63) is 47.6 Å². The molecule has 0 bridgehead atoms. The van der Waals surface area contributed by atoms with Crippen molar-refractivity contribution in [1.82, 2.24) is 20.1 Å². The van der Waals surface area contributed by atoms with Gasteiger partial charge in [0.25, 0.3) is 0 Å². The number of carbonyl (C=O) groups excluding carboxylic acids is 1. The summed E-state index contributed by atoms with van der Waals surface area (Å²) >= 11 is 0. The van der Waals surface area contributed by atoms with E-state index >= 15 is 0 Å². The van der Waals surface area contributed by atoms with Crippen LogP contribution in [0, 0.1) is 0 Å². The lowest BCUT2D eigenvalue weighted by Crippen LogP contribution is -2.24. The van der Waals surface area contributed by atoms with Crippen molar-refractivity contribution >= 4 is 17.7 Å². The van der Waals surface area contributed by atoms with Gasteiger partial charge in [-0.3, -0.25) is 4.79 Å². The molecular weight excluding hydrogens is 290 g/mol. The zero-order chi connectivity index (χ0) is 16.2. The fourth-order valence-corrected chi connectivity index (χ4v) is 2.77. The highest BCUT2D eigenvalue weighted by molar-refractivity contribution is 5.91. The van der Waals surface area contributed by atoms with Crippen LogP contribution in [0.25, 0.3) is 6.08 Å². The van der Waals surface area contributed by atoms with Crippen LogP contribution in [0.3, 0.4) is 0 Å². The Hall–Kier alpha value is -2.63. The van der Waals surface area contributed by atoms with Crippen LogP contribution in [0.15, 0.2) is 30.6 Å². The number of anilines is 1. The van der Waals surface area contributed by atoms with Crippen molar-refractivity contribution in [2.45, 2.75) is 19.4 Å². The van der Waals surface area contributed by atoms with Crippen LogP contribution in [0.1, 0.15) is 23.4 Å². The second-order valence-electron chi connectivity index (χ2n) is 5.82. The van der Waals surface area contributed by atoms with E-state index in [9.17, 15) is 4.79 Å². The Kier molecular flexibility index (Phi) is 4.41. The molecule has 2 aromatic rings. The van der Waals surface area contributed by atoms with E-state index in [0.29, 0.717) is 6.54 Å². The molecule has 3 rings (SSSR count). The zero-order valence-electron chi connectivity index (χ0n) is 13.5. The molecule has 120 valence electrons. The number of hydrogen-bond donors (Lipinski definition) is 1. The second kappa shape index (κ2) is 6.64. The molecule has 1 aromatic heterocycles. The Bertz CT molecular complexity index is 734. The van der Waals surface area contributed by atoms with Crippen LogP contribution in [0.4, 0.5) is 5.69 Å². The normalized spacial score (nSPS) is 14.1. The maximum absolute atomic E-state index is 11.9. The van der Waals surface area contributed by atoms with E-state index < -0.39 is 0 Å². The van der Waals surface area contributed by atoms with Crippen molar-refractivity contribution < 1.29 is 4.79 Å². The lowest BCUT2D eigenvalue weighted by Gasteiger charge is -2.27. The molecule has 0 atom stereocenters. The molecule has 0 spiro atoms. The van der Waals surface area contributed by atoms with Crippen molar-refractivity contribution in [3.8, 4) is 0 Å². The molecule has 1 aromatic carbocycles. The zero-order valence-corrected chi connectivity index (χ0v) is 13.5. The van der Waals surface area contributed by atoms with E-state index in [2.05, 4.69) is 39.6 Å². The third kappa shape index (κ3) is 3.59. The molecule has 1 N–H and O–H groups in total. The molecule has 23 heavy (non-hydrogen) atoms. The maximum atomic E-state index is 11.9. The van der Waals surface area contributed by atoms with Crippen LogP contribution >= 0.6 is 0 Å². The largest absolute Gasteiger partial charge is 0.374 e. The van der Waals surface area contributed by atoms with Gasteiger partial charge in [0.15, 0.2) is 5.82 Å². The Morgan fingerprint density at radius 3 is 3.04 bits per heavy atom. The van der Waals surface area contributed by atoms with Gasteiger partial charge in [0, 0.05) is 32.4 Å². The first-order valence-electron chi connectivity index (χ1n) is 7.76. The highest BCUT2D eigenvalue weighted by Crippen LogP contribution is 2.27. The summed E-state index contributed by atoms with van der Waals surface area (Å²) in [5, 5.41) is 10.5. The van der Waals surface area contributed by atoms with Gasteiger partial charge >= 0.3 is 0 Å². The second-order valence-corrected chi connectivity index (χ2v) is 5.82. The van der Waals surface area contributed by atoms with Gasteiger partial charge in [-0.15, -0.1) is 10.2 Å². The number of aryl methyl sites for hydroxylation is 2. The molecule has 1 aliphatic rings. The van der Waals surface area contributed by atoms with Gasteiger partial charge in [-0.05, 0) is 42.2 Å². The quantitative estimate of drug-likeness (QED) is 0.870. The first-order chi connectivity index (χ1) is 11.1. The molecule has 0 fully saturated rings. The Morgan fingerprint density at radius 2 is 2.26 bits per heavy atom. The highest BCUT2D eigenvalue weighted by Gasteiger charge is 2.13. The SMILES string of the molecule is CN1CCCc2cc(/C=C\C(=O)NCc3nncn3C)ccc21. The first-order valence-corrected chi connectivity index (χ1v) is 7.76. The van der Waals surface area contributed by atoms with E-state index in [4.69, 9.17) is 0 Å². The van der Waals surface area contributed by atoms with Gasteiger partial charge in [-0.25, -0.2) is 0 Å². The van der Waals surface area contributed by atoms with Gasteiger partial charge in [0.1, 0.15) is 6.33 Å². The summed E-state index contributed by atoms with van der Waals surface area (Å²) in [6.07, 6.45) is 7.29. The highest BCUT2D eigenvalue weighted by atomic mass is 16.1. The molecule has 0 saturated carbocycles. The van der Waals surface area contributed by atoms with Crippen LogP contribution < -0.4 is 10.2 Å². The van der Waals surface area contributed by atoms with Crippen molar-refractivity contribution in [3.63, 3.8) is 0 Å². The standard InChI is InChI=1S/C17H21N5O/c1-21-9-3-4-14-10-13(5-7-15(14)21)6-8-17(23)18-11-16-20-19-12-22(16)2/h5-8,10,12H,3-4,9,11H2,1-2H3,(H,18,23)/b8-6-. The number of benzene rings is 1. The lowest BCUT2D eigenvalue weighted by atomic mass is 9.99. The molecule has 0 radical (unpaired) electrons. The third-order valence-electron chi connectivity index (χ3n) is 4.11. The lowest BCUT2D eigenvalue weighted by molar-refractivity contribution is -0.116. The van der Waals surface area contributed by atoms with Crippen LogP contribution in [0.2, 0.25) is 0 Å². The molecule has 6 heteroatoms. The Morgan fingerprint density at radius 1 is 1.39 bits per heavy atom. The number of carbonyl (C=O) groups is 1. The molecule has 2 heterocycles. The fourth-order valence-electron chi connectivity index (χ4n) is 2.77. The van der Waals surface area contributed by atoms with Gasteiger partial charge in [0.2, 0.25) is 5.91 Å². The summed E-state index contributed by atoms with van der Waals surface area (Å²) in [5.41, 5.74) is 3.69. The number of nitrogens with one attached hydrogen (secondary N) is 1. The molecule has 0 unspecified atom stereocenters. The monoisotopic (exact) mass is 311 g/mol. The summed E-state index contributed by atoms with van der Waals surface area (Å²) in [4.78, 5) is 14.2. The van der Waals surface area contributed by atoms with Crippen LogP contribution in [-0.2, 0) is 24.8 Å². The minimum atomic E-state index is -0.136. The maximum Gasteiger partial charge on any atom is 0.244 e. The van der Waals surface area contributed by atoms with E-state index in [1.807, 2.05) is 19.2 Å². The predicted molar refractivity (Wildman–Crippen MR) is 89.9 cm³/mol. The summed E-state index contributed by atoms with van der Waals surface area (Å²) in [5.74, 6) is 0.589. The summed E-state index contributed by atoms with van der Waals surface area (Å²) in [6.45, 7) is 1.47. The smallest absolute Gasteiger partial charge is 0.244 e. The van der Waals surface area contributed by atoms with Crippen LogP contribution in [-0.4, -0.2) is 34.3 Å². The minimum absolute atomic E-state index is 0.136. The molecular formula is C17H21N5O. The molecule has 0 saturated heterocycles. The van der Waals surface area contributed by atoms with Gasteiger partial charge in [-0.1, -0.05) is 6.07 Å². The first kappa shape index (κ1) is 15.3. The number of nitrogens with zero attached hydrogens (tertiary/aromatic N) is 4. The molecule has 1 aliphatic heterocycles. The van der Waals surface area contributed by atoms with Gasteiger partial charge in [0.05, 0.1) is 6.54 Å². The van der Waals surface area contributed by atoms with Crippen LogP contribution in [0.5, 0.6) is 0 Å². The van der Waals surface area contributed by atoms with Crippen molar-refractivity contribution in [2.24, 2.45) is 7.05 Å². The minimum Gasteiger partial charge on any atom is -0.374 e. The number of aromatic nitrogens is 3. The van der Waals surface area contributed by atoms with E-state index in [1.54, 1.807) is 17.0 Å². The Labute approximate surface area is 135 Å². The van der Waals surface area contributed by atoms with E-state index in [0.717, 1.165) is 24.4 Å². The van der Waals surface area contributed by atoms with Crippen molar-refractivity contribution in [2.75, 3.05) is 18.5 Å². The summed E-state index contributed by atoms with van der Waals surface area (Å²) < 4.78 is 1.78. The molecule has 0 aliphatic carbocycles. The van der Waals surface area contributed by atoms with Gasteiger partial charge < -0.3 is 14.8 Å². The Balaban J connectivity index is 1.61. The average molecular weight is 311 g/mol. The average Bonchev–Trinajstić information content (AvgIpc) is 2.96. The van der Waals surface area contributed by atoms with E-state index in [-0.39, 0.29) is 5.91 Å². The molecule has 6 nitrogen and oxygen atoms in total. The fraction of sp³-hybridized carbons (Fsp3) is 0.353. The third-order valence-corrected chi connectivity index (χ3v) is 4.11. The van der Waals surface area contributed by atoms with Crippen molar-refractivity contribution in [1.29, 1.82) is 0 Å². The molecule has 1 amide bonds. The summed E-state index contributed by atoms with van der Waals surface area (Å²) in [6, 6.07) is 6.34. The van der Waals surface area contributed by atoms with Gasteiger partial charge in [-0.2, -0.15) is 0 Å². The number of fused-ring (bicyclic) bond motifs is 1. The summed E-state index contributed by atoms with van der Waals surface area (Å²) in [7, 11) is 3.97. The van der Waals surface area contributed by atoms with E-state index in [1.165, 1.54) is 17.7 Å².